The van der Waals surface area contributed by atoms with Crippen molar-refractivity contribution in [1.82, 2.24) is 4.98 Å². The Morgan fingerprint density at radius 1 is 0.838 bits per heavy atom. The van der Waals surface area contributed by atoms with Crippen LogP contribution in [0.2, 0.25) is 33.2 Å². The van der Waals surface area contributed by atoms with E-state index < -0.39 is 16.6 Å². The number of nitrogen functional groups attached to an aromatic ring is 1. The maximum atomic E-state index is 7.46. The van der Waals surface area contributed by atoms with E-state index in [-0.39, 0.29) is 18.3 Å². The quantitative estimate of drug-likeness (QED) is 0.210. The summed E-state index contributed by atoms with van der Waals surface area (Å²) >= 11 is 0. The van der Waals surface area contributed by atoms with Crippen molar-refractivity contribution in [3.8, 4) is 0 Å². The highest BCUT2D eigenvalue weighted by Gasteiger charge is 2.53. The van der Waals surface area contributed by atoms with Crippen LogP contribution in [0, 0.1) is 0 Å². The van der Waals surface area contributed by atoms with Crippen LogP contribution in [0.4, 0.5) is 5.69 Å². The molecule has 0 saturated heterocycles. The Morgan fingerprint density at radius 2 is 1.30 bits per heavy atom. The number of hydrogen-bond acceptors (Lipinski definition) is 5. The van der Waals surface area contributed by atoms with Gasteiger partial charge in [0.2, 0.25) is 16.6 Å². The maximum Gasteiger partial charge on any atom is 0.201 e. The molecule has 210 valence electrons. The second kappa shape index (κ2) is 12.6. The molecule has 0 bridgehead atoms. The maximum absolute atomic E-state index is 7.46. The van der Waals surface area contributed by atoms with E-state index in [1.165, 1.54) is 0 Å². The van der Waals surface area contributed by atoms with Crippen molar-refractivity contribution in [2.75, 3.05) is 5.73 Å². The highest BCUT2D eigenvalue weighted by Crippen LogP contribution is 2.48. The Bertz CT molecular complexity index is 884. The van der Waals surface area contributed by atoms with Crippen LogP contribution in [0.25, 0.3) is 5.76 Å². The second-order valence-corrected chi connectivity index (χ2v) is 23.4. The zero-order valence-corrected chi connectivity index (χ0v) is 27.5. The van der Waals surface area contributed by atoms with E-state index in [2.05, 4.69) is 101 Å². The van der Waals surface area contributed by atoms with Crippen LogP contribution in [0.1, 0.15) is 88.6 Å². The lowest BCUT2D eigenvalue weighted by atomic mass is 10.0. The third-order valence-electron chi connectivity index (χ3n) is 8.67. The van der Waals surface area contributed by atoms with Gasteiger partial charge in [-0.15, -0.1) is 0 Å². The Hall–Kier alpha value is -1.42. The molecule has 2 N–H and O–H groups in total. The molecule has 7 heteroatoms. The smallest absolute Gasteiger partial charge is 0.201 e. The van der Waals surface area contributed by atoms with Crippen molar-refractivity contribution in [3.05, 3.63) is 42.8 Å². The highest BCUT2D eigenvalue weighted by molar-refractivity contribution is 6.78. The summed E-state index contributed by atoms with van der Waals surface area (Å²) in [5.41, 5.74) is 10.4. The molecule has 0 saturated carbocycles. The summed E-state index contributed by atoms with van der Waals surface area (Å²) in [6.45, 7) is 32.1. The van der Waals surface area contributed by atoms with Gasteiger partial charge in [0.1, 0.15) is 18.0 Å². The third kappa shape index (κ3) is 6.10. The van der Waals surface area contributed by atoms with Crippen LogP contribution in [-0.2, 0) is 13.6 Å². The van der Waals surface area contributed by atoms with Gasteiger partial charge in [-0.3, -0.25) is 4.98 Å². The molecule has 2 rings (SSSR count). The van der Waals surface area contributed by atoms with Gasteiger partial charge in [0.25, 0.3) is 0 Å². The molecule has 0 fully saturated rings. The first-order valence-electron chi connectivity index (χ1n) is 14.2. The van der Waals surface area contributed by atoms with Gasteiger partial charge >= 0.3 is 0 Å². The van der Waals surface area contributed by atoms with Crippen molar-refractivity contribution >= 4 is 28.1 Å². The molecule has 2 heterocycles. The summed E-state index contributed by atoms with van der Waals surface area (Å²) in [5, 5.41) is 0. The largest absolute Gasteiger partial charge is 0.483 e. The Labute approximate surface area is 229 Å². The molecule has 0 amide bonds. The van der Waals surface area contributed by atoms with Gasteiger partial charge in [0.15, 0.2) is 0 Å². The van der Waals surface area contributed by atoms with Crippen molar-refractivity contribution in [2.24, 2.45) is 0 Å². The van der Waals surface area contributed by atoms with Crippen LogP contribution in [0.15, 0.2) is 37.2 Å². The standard InChI is InChI=1S/C30H54N2O3Si2/c1-14-27-30(35-37(22(8)9,23(10)11)24(12)13)29(34-36(19(2)3,20(4)5)21(6)7)17-28(33-27)25-15-16-32-18-26(25)31/h14-24,27,29-30H,1,31H2,2-13H3. The van der Waals surface area contributed by atoms with Crippen molar-refractivity contribution in [2.45, 2.75) is 135 Å². The fourth-order valence-corrected chi connectivity index (χ4v) is 18.2. The molecule has 1 aliphatic heterocycles. The summed E-state index contributed by atoms with van der Waals surface area (Å²) < 4.78 is 21.5. The molecule has 0 spiro atoms. The molecular formula is C30H54N2O3Si2. The van der Waals surface area contributed by atoms with Crippen LogP contribution < -0.4 is 5.73 Å². The first-order valence-corrected chi connectivity index (χ1v) is 18.5. The fourth-order valence-electron chi connectivity index (χ4n) is 7.17. The normalized spacial score (nSPS) is 21.4. The van der Waals surface area contributed by atoms with E-state index in [1.807, 2.05) is 12.1 Å². The van der Waals surface area contributed by atoms with Gasteiger partial charge in [0, 0.05) is 11.8 Å². The monoisotopic (exact) mass is 546 g/mol. The van der Waals surface area contributed by atoms with E-state index in [4.69, 9.17) is 19.3 Å². The second-order valence-electron chi connectivity index (χ2n) is 12.6. The molecule has 3 atom stereocenters. The molecule has 0 aromatic carbocycles. The van der Waals surface area contributed by atoms with Gasteiger partial charge in [-0.25, -0.2) is 0 Å². The van der Waals surface area contributed by atoms with Gasteiger partial charge in [-0.2, -0.15) is 0 Å². The van der Waals surface area contributed by atoms with Crippen LogP contribution in [0.3, 0.4) is 0 Å². The van der Waals surface area contributed by atoms with E-state index in [0.717, 1.165) is 11.3 Å². The summed E-state index contributed by atoms with van der Waals surface area (Å²) in [7, 11) is -4.48. The van der Waals surface area contributed by atoms with E-state index in [9.17, 15) is 0 Å². The lowest BCUT2D eigenvalue weighted by Gasteiger charge is -2.51. The number of hydrogen-bond donors (Lipinski definition) is 1. The molecule has 1 aliphatic rings. The molecule has 1 aromatic heterocycles. The van der Waals surface area contributed by atoms with Gasteiger partial charge < -0.3 is 19.3 Å². The summed E-state index contributed by atoms with van der Waals surface area (Å²) in [6, 6.07) is 1.91. The van der Waals surface area contributed by atoms with Crippen LogP contribution in [0.5, 0.6) is 0 Å². The lowest BCUT2D eigenvalue weighted by Crippen LogP contribution is -2.59. The highest BCUT2D eigenvalue weighted by atomic mass is 28.4. The van der Waals surface area contributed by atoms with E-state index >= 15 is 0 Å². The van der Waals surface area contributed by atoms with Gasteiger partial charge in [0.05, 0.1) is 18.0 Å². The average Bonchev–Trinajstić information content (AvgIpc) is 2.79. The number of aromatic nitrogens is 1. The molecule has 0 aliphatic carbocycles. The minimum absolute atomic E-state index is 0.263. The SMILES string of the molecule is C=CC1OC(c2ccncc2N)=CC(O[Si](C(C)C)(C(C)C)C(C)C)C1O[Si](C(C)C)(C(C)C)C(C)C. The van der Waals surface area contributed by atoms with Crippen LogP contribution in [-0.4, -0.2) is 39.9 Å². The van der Waals surface area contributed by atoms with E-state index in [0.29, 0.717) is 38.9 Å². The summed E-state index contributed by atoms with van der Waals surface area (Å²) in [4.78, 5) is 4.18. The first-order chi connectivity index (χ1) is 17.2. The first kappa shape index (κ1) is 31.8. The Morgan fingerprint density at radius 3 is 1.70 bits per heavy atom. The number of anilines is 1. The average molecular weight is 547 g/mol. The summed E-state index contributed by atoms with van der Waals surface area (Å²) in [6.07, 6.45) is 6.55. The minimum atomic E-state index is -2.24. The summed E-state index contributed by atoms with van der Waals surface area (Å²) in [5.74, 6) is 0.722. The number of nitrogens with two attached hydrogens (primary N) is 1. The van der Waals surface area contributed by atoms with Crippen molar-refractivity contribution < 1.29 is 13.6 Å². The molecule has 0 radical (unpaired) electrons. The zero-order chi connectivity index (χ0) is 28.3. The zero-order valence-electron chi connectivity index (χ0n) is 25.5. The van der Waals surface area contributed by atoms with Crippen molar-refractivity contribution in [3.63, 3.8) is 0 Å². The number of rotatable bonds is 12. The number of pyridine rings is 1. The molecule has 1 aromatic rings. The lowest BCUT2D eigenvalue weighted by molar-refractivity contribution is -0.0243. The van der Waals surface area contributed by atoms with E-state index in [1.54, 1.807) is 12.4 Å². The molecular weight excluding hydrogens is 493 g/mol. The minimum Gasteiger partial charge on any atom is -0.483 e. The third-order valence-corrected chi connectivity index (χ3v) is 20.9. The number of ether oxygens (including phenoxy) is 1. The topological polar surface area (TPSA) is 66.6 Å². The molecule has 5 nitrogen and oxygen atoms in total. The van der Waals surface area contributed by atoms with Crippen molar-refractivity contribution in [1.29, 1.82) is 0 Å². The molecule has 3 unspecified atom stereocenters. The van der Waals surface area contributed by atoms with Gasteiger partial charge in [-0.05, 0) is 51.5 Å². The predicted octanol–water partition coefficient (Wildman–Crippen LogP) is 8.71. The van der Waals surface area contributed by atoms with Gasteiger partial charge in [-0.1, -0.05) is 89.7 Å². The van der Waals surface area contributed by atoms with Crippen LogP contribution >= 0.6 is 0 Å². The predicted molar refractivity (Wildman–Crippen MR) is 164 cm³/mol. The Balaban J connectivity index is 2.77. The Kier molecular flexibility index (Phi) is 10.9. The number of nitrogens with zero attached hydrogens (tertiary/aromatic N) is 1. The fraction of sp³-hybridized carbons (Fsp3) is 0.700. The molecule has 37 heavy (non-hydrogen) atoms.